The second kappa shape index (κ2) is 9.96. The summed E-state index contributed by atoms with van der Waals surface area (Å²) >= 11 is 0. The number of aromatic nitrogens is 2. The summed E-state index contributed by atoms with van der Waals surface area (Å²) in [6.45, 7) is 2.38. The fourth-order valence-electron chi connectivity index (χ4n) is 4.29. The Morgan fingerprint density at radius 3 is 2.51 bits per heavy atom. The summed E-state index contributed by atoms with van der Waals surface area (Å²) in [5.74, 6) is -0.331. The monoisotopic (exact) mass is 497 g/mol. The first kappa shape index (κ1) is 24.6. The molecule has 1 amide bonds. The van der Waals surface area contributed by atoms with E-state index >= 15 is 0 Å². The predicted octanol–water partition coefficient (Wildman–Crippen LogP) is 3.15. The molecule has 1 aliphatic heterocycles. The number of amides is 1. The van der Waals surface area contributed by atoms with Crippen LogP contribution in [0.15, 0.2) is 65.8 Å². The molecule has 2 aromatic carbocycles. The van der Waals surface area contributed by atoms with E-state index in [2.05, 4.69) is 5.10 Å². The van der Waals surface area contributed by atoms with Crippen molar-refractivity contribution in [3.8, 4) is 5.69 Å². The molecular formula is C24H27N5O5S. The van der Waals surface area contributed by atoms with Crippen LogP contribution in [0.25, 0.3) is 5.69 Å². The molecule has 35 heavy (non-hydrogen) atoms. The maximum atomic E-state index is 13.2. The smallest absolute Gasteiger partial charge is 0.270 e. The number of nitro benzene ring substituents is 1. The van der Waals surface area contributed by atoms with E-state index in [9.17, 15) is 23.3 Å². The highest BCUT2D eigenvalue weighted by atomic mass is 32.2. The van der Waals surface area contributed by atoms with Crippen LogP contribution in [-0.2, 0) is 21.4 Å². The number of benzene rings is 2. The highest BCUT2D eigenvalue weighted by Crippen LogP contribution is 2.29. The maximum absolute atomic E-state index is 13.2. The van der Waals surface area contributed by atoms with Crippen molar-refractivity contribution in [1.82, 2.24) is 19.0 Å². The van der Waals surface area contributed by atoms with E-state index in [0.29, 0.717) is 24.9 Å². The lowest BCUT2D eigenvalue weighted by Gasteiger charge is -2.32. The first-order valence-corrected chi connectivity index (χ1v) is 12.7. The normalized spacial score (nSPS) is 15.1. The van der Waals surface area contributed by atoms with Gasteiger partial charge in [-0.05, 0) is 37.5 Å². The summed E-state index contributed by atoms with van der Waals surface area (Å²) in [4.78, 5) is 25.1. The average Bonchev–Trinajstić information content (AvgIpc) is 3.32. The molecule has 3 aromatic rings. The number of sulfonamides is 1. The number of non-ortho nitro benzene ring substituents is 1. The Hall–Kier alpha value is -3.57. The molecule has 2 heterocycles. The van der Waals surface area contributed by atoms with Gasteiger partial charge in [-0.2, -0.15) is 9.40 Å². The van der Waals surface area contributed by atoms with Crippen molar-refractivity contribution in [1.29, 1.82) is 0 Å². The third-order valence-electron chi connectivity index (χ3n) is 6.26. The number of carbonyl (C=O) groups excluding carboxylic acids is 1. The Morgan fingerprint density at radius 2 is 1.86 bits per heavy atom. The summed E-state index contributed by atoms with van der Waals surface area (Å²) in [6.07, 6.45) is 4.39. The minimum Gasteiger partial charge on any atom is -0.341 e. The molecule has 0 spiro atoms. The van der Waals surface area contributed by atoms with Gasteiger partial charge in [-0.15, -0.1) is 0 Å². The topological polar surface area (TPSA) is 119 Å². The third-order valence-corrected chi connectivity index (χ3v) is 8.30. The number of hydrogen-bond donors (Lipinski definition) is 0. The zero-order valence-electron chi connectivity index (χ0n) is 19.6. The van der Waals surface area contributed by atoms with Crippen LogP contribution in [0.3, 0.4) is 0 Å². The van der Waals surface area contributed by atoms with E-state index in [1.807, 2.05) is 36.5 Å². The van der Waals surface area contributed by atoms with Crippen LogP contribution in [-0.4, -0.2) is 58.4 Å². The van der Waals surface area contributed by atoms with E-state index in [1.54, 1.807) is 29.7 Å². The number of rotatable bonds is 7. The molecule has 0 radical (unpaired) electrons. The van der Waals surface area contributed by atoms with Gasteiger partial charge < -0.3 is 4.90 Å². The molecule has 1 aromatic heterocycles. The Balaban J connectivity index is 1.38. The highest BCUT2D eigenvalue weighted by Gasteiger charge is 2.34. The fourth-order valence-corrected chi connectivity index (χ4v) is 6.00. The Bertz CT molecular complexity index is 1330. The van der Waals surface area contributed by atoms with E-state index in [0.717, 1.165) is 17.3 Å². The first-order chi connectivity index (χ1) is 16.7. The molecule has 0 unspecified atom stereocenters. The zero-order valence-corrected chi connectivity index (χ0v) is 20.4. The van der Waals surface area contributed by atoms with E-state index in [-0.39, 0.29) is 35.5 Å². The molecule has 4 rings (SSSR count). The Kier molecular flexibility index (Phi) is 6.99. The van der Waals surface area contributed by atoms with Crippen molar-refractivity contribution in [2.75, 3.05) is 20.1 Å². The first-order valence-electron chi connectivity index (χ1n) is 11.3. The standard InChI is InChI=1S/C24H27N5O5S/c1-18-8-9-22(29(31)32)14-23(18)35(33,34)27-12-10-20(11-13-27)24(30)26(2)16-19-15-25-28(17-19)21-6-4-3-5-7-21/h3-9,14-15,17,20H,10-13,16H2,1-2H3. The van der Waals surface area contributed by atoms with Crippen LogP contribution in [0.1, 0.15) is 24.0 Å². The number of para-hydroxylation sites is 1. The molecule has 0 atom stereocenters. The second-order valence-corrected chi connectivity index (χ2v) is 10.6. The summed E-state index contributed by atoms with van der Waals surface area (Å²) in [6, 6.07) is 13.5. The van der Waals surface area contributed by atoms with Gasteiger partial charge in [-0.25, -0.2) is 13.1 Å². The predicted molar refractivity (Wildman–Crippen MR) is 129 cm³/mol. The van der Waals surface area contributed by atoms with Crippen molar-refractivity contribution in [3.05, 3.63) is 82.2 Å². The van der Waals surface area contributed by atoms with Gasteiger partial charge in [0, 0.05) is 56.5 Å². The minimum absolute atomic E-state index is 0.0407. The largest absolute Gasteiger partial charge is 0.341 e. The summed E-state index contributed by atoms with van der Waals surface area (Å²) in [5, 5.41) is 15.5. The molecule has 10 nitrogen and oxygen atoms in total. The summed E-state index contributed by atoms with van der Waals surface area (Å²) in [7, 11) is -2.16. The molecule has 0 bridgehead atoms. The molecular weight excluding hydrogens is 470 g/mol. The lowest BCUT2D eigenvalue weighted by atomic mass is 9.96. The van der Waals surface area contributed by atoms with Crippen LogP contribution < -0.4 is 0 Å². The number of aryl methyl sites for hydroxylation is 1. The van der Waals surface area contributed by atoms with E-state index in [4.69, 9.17) is 0 Å². The quantitative estimate of drug-likeness (QED) is 0.365. The maximum Gasteiger partial charge on any atom is 0.270 e. The Morgan fingerprint density at radius 1 is 1.17 bits per heavy atom. The van der Waals surface area contributed by atoms with Crippen molar-refractivity contribution >= 4 is 21.6 Å². The lowest BCUT2D eigenvalue weighted by Crippen LogP contribution is -2.43. The zero-order chi connectivity index (χ0) is 25.2. The lowest BCUT2D eigenvalue weighted by molar-refractivity contribution is -0.385. The summed E-state index contributed by atoms with van der Waals surface area (Å²) in [5.41, 5.74) is 2.01. The second-order valence-electron chi connectivity index (χ2n) is 8.71. The van der Waals surface area contributed by atoms with Crippen LogP contribution in [0.4, 0.5) is 5.69 Å². The number of hydrogen-bond acceptors (Lipinski definition) is 6. The van der Waals surface area contributed by atoms with Gasteiger partial charge in [-0.3, -0.25) is 14.9 Å². The molecule has 1 fully saturated rings. The number of nitrogens with zero attached hydrogens (tertiary/aromatic N) is 5. The molecule has 0 N–H and O–H groups in total. The highest BCUT2D eigenvalue weighted by molar-refractivity contribution is 7.89. The van der Waals surface area contributed by atoms with Gasteiger partial charge in [0.2, 0.25) is 15.9 Å². The van der Waals surface area contributed by atoms with Gasteiger partial charge in [0.1, 0.15) is 0 Å². The van der Waals surface area contributed by atoms with Gasteiger partial charge in [0.05, 0.1) is 21.7 Å². The fraction of sp³-hybridized carbons (Fsp3) is 0.333. The minimum atomic E-state index is -3.90. The van der Waals surface area contributed by atoms with Crippen molar-refractivity contribution < 1.29 is 18.1 Å². The molecule has 184 valence electrons. The number of nitro groups is 1. The van der Waals surface area contributed by atoms with Gasteiger partial charge in [-0.1, -0.05) is 24.3 Å². The average molecular weight is 498 g/mol. The van der Waals surface area contributed by atoms with Gasteiger partial charge >= 0.3 is 0 Å². The van der Waals surface area contributed by atoms with E-state index in [1.165, 1.54) is 16.4 Å². The van der Waals surface area contributed by atoms with Crippen LogP contribution >= 0.6 is 0 Å². The van der Waals surface area contributed by atoms with Crippen LogP contribution in [0.5, 0.6) is 0 Å². The van der Waals surface area contributed by atoms with Crippen molar-refractivity contribution in [2.45, 2.75) is 31.2 Å². The van der Waals surface area contributed by atoms with Crippen LogP contribution in [0, 0.1) is 23.0 Å². The third kappa shape index (κ3) is 5.25. The molecule has 0 aliphatic carbocycles. The molecule has 11 heteroatoms. The number of carbonyl (C=O) groups is 1. The van der Waals surface area contributed by atoms with Crippen LogP contribution in [0.2, 0.25) is 0 Å². The molecule has 1 saturated heterocycles. The SMILES string of the molecule is Cc1ccc([N+](=O)[O-])cc1S(=O)(=O)N1CCC(C(=O)N(C)Cc2cnn(-c3ccccc3)c2)CC1. The molecule has 1 aliphatic rings. The van der Waals surface area contributed by atoms with Gasteiger partial charge in [0.25, 0.3) is 5.69 Å². The van der Waals surface area contributed by atoms with E-state index < -0.39 is 14.9 Å². The Labute approximate surface area is 204 Å². The van der Waals surface area contributed by atoms with Gasteiger partial charge in [0.15, 0.2) is 0 Å². The number of piperidine rings is 1. The van der Waals surface area contributed by atoms with Crippen molar-refractivity contribution in [2.24, 2.45) is 5.92 Å². The van der Waals surface area contributed by atoms with Crippen molar-refractivity contribution in [3.63, 3.8) is 0 Å². The molecule has 0 saturated carbocycles. The summed E-state index contributed by atoms with van der Waals surface area (Å²) < 4.78 is 29.4.